The van der Waals surface area contributed by atoms with Crippen LogP contribution in [0.3, 0.4) is 0 Å². The van der Waals surface area contributed by atoms with Crippen molar-refractivity contribution in [2.75, 3.05) is 4.72 Å². The predicted octanol–water partition coefficient (Wildman–Crippen LogP) is 4.79. The minimum atomic E-state index is -3.94. The number of hydrogen-bond donors (Lipinski definition) is 2. The number of carboxylic acids is 1. The van der Waals surface area contributed by atoms with Crippen LogP contribution in [0.25, 0.3) is 0 Å². The zero-order valence-electron chi connectivity index (χ0n) is 16.9. The van der Waals surface area contributed by atoms with Crippen LogP contribution in [0.2, 0.25) is 0 Å². The lowest BCUT2D eigenvalue weighted by molar-refractivity contribution is 0.0697. The summed E-state index contributed by atoms with van der Waals surface area (Å²) in [5.41, 5.74) is 2.68. The van der Waals surface area contributed by atoms with E-state index in [1.54, 1.807) is 30.3 Å². The molecule has 0 spiro atoms. The number of sulfonamides is 1. The molecule has 0 unspecified atom stereocenters. The second kappa shape index (κ2) is 8.62. The van der Waals surface area contributed by atoms with Gasteiger partial charge in [0.25, 0.3) is 10.0 Å². The van der Waals surface area contributed by atoms with Crippen molar-refractivity contribution < 1.29 is 27.5 Å². The maximum Gasteiger partial charge on any atom is 0.335 e. The lowest BCUT2D eigenvalue weighted by Crippen LogP contribution is -2.15. The normalized spacial score (nSPS) is 11.5. The molecule has 158 valence electrons. The Bertz CT molecular complexity index is 1150. The Labute approximate surface area is 175 Å². The first-order chi connectivity index (χ1) is 14.2. The second-order valence-electron chi connectivity index (χ2n) is 7.21. The fourth-order valence-corrected chi connectivity index (χ4v) is 4.24. The number of hydrogen-bond acceptors (Lipinski definition) is 5. The second-order valence-corrected chi connectivity index (χ2v) is 8.80. The summed E-state index contributed by atoms with van der Waals surface area (Å²) in [6.45, 7) is 5.77. The van der Waals surface area contributed by atoms with Gasteiger partial charge < -0.3 is 14.3 Å². The Balaban J connectivity index is 1.83. The summed E-state index contributed by atoms with van der Waals surface area (Å²) in [7, 11) is -3.94. The van der Waals surface area contributed by atoms with Crippen LogP contribution in [0, 0.1) is 6.92 Å². The van der Waals surface area contributed by atoms with Crippen molar-refractivity contribution >= 4 is 21.7 Å². The summed E-state index contributed by atoms with van der Waals surface area (Å²) < 4.78 is 39.5. The first kappa shape index (κ1) is 21.4. The van der Waals surface area contributed by atoms with Crippen molar-refractivity contribution in [1.29, 1.82) is 0 Å². The maximum absolute atomic E-state index is 12.9. The molecule has 0 bridgehead atoms. The SMILES string of the molecule is Cc1ccc(OCc2ccc(C(=O)O)cc2)c(NS(=O)(=O)c2occc2C(C)C)c1. The minimum Gasteiger partial charge on any atom is -0.487 e. The standard InChI is InChI=1S/C22H23NO6S/c1-14(2)18-10-11-28-22(18)30(26,27)23-19-12-15(3)4-9-20(19)29-13-16-5-7-17(8-6-16)21(24)25/h4-12,14,23H,13H2,1-3H3,(H,24,25). The summed E-state index contributed by atoms with van der Waals surface area (Å²) in [5, 5.41) is 8.87. The zero-order valence-corrected chi connectivity index (χ0v) is 17.7. The Hall–Kier alpha value is -3.26. The third-order valence-electron chi connectivity index (χ3n) is 4.50. The molecule has 3 aromatic rings. The van der Waals surface area contributed by atoms with Gasteiger partial charge in [0.2, 0.25) is 5.09 Å². The van der Waals surface area contributed by atoms with Crippen LogP contribution < -0.4 is 9.46 Å². The summed E-state index contributed by atoms with van der Waals surface area (Å²) in [6, 6.07) is 13.1. The molecule has 3 rings (SSSR count). The molecular formula is C22H23NO6S. The Kier molecular flexibility index (Phi) is 6.17. The highest BCUT2D eigenvalue weighted by molar-refractivity contribution is 7.92. The molecule has 2 aromatic carbocycles. The van der Waals surface area contributed by atoms with Crippen molar-refractivity contribution in [3.63, 3.8) is 0 Å². The van der Waals surface area contributed by atoms with Crippen molar-refractivity contribution in [2.24, 2.45) is 0 Å². The maximum atomic E-state index is 12.9. The van der Waals surface area contributed by atoms with Crippen LogP contribution in [0.15, 0.2) is 64.3 Å². The van der Waals surface area contributed by atoms with Crippen molar-refractivity contribution in [3.8, 4) is 5.75 Å². The van der Waals surface area contributed by atoms with Crippen molar-refractivity contribution in [2.45, 2.75) is 38.4 Å². The number of aromatic carboxylic acids is 1. The first-order valence-electron chi connectivity index (χ1n) is 9.33. The third kappa shape index (κ3) is 4.83. The lowest BCUT2D eigenvalue weighted by atomic mass is 10.1. The molecule has 7 nitrogen and oxygen atoms in total. The molecule has 0 aliphatic carbocycles. The minimum absolute atomic E-state index is 0.0164. The smallest absolute Gasteiger partial charge is 0.335 e. The number of rotatable bonds is 8. The van der Waals surface area contributed by atoms with E-state index >= 15 is 0 Å². The van der Waals surface area contributed by atoms with E-state index < -0.39 is 16.0 Å². The van der Waals surface area contributed by atoms with E-state index in [0.29, 0.717) is 17.0 Å². The van der Waals surface area contributed by atoms with Crippen LogP contribution in [0.1, 0.15) is 46.8 Å². The van der Waals surface area contributed by atoms with Gasteiger partial charge >= 0.3 is 5.97 Å². The van der Waals surface area contributed by atoms with E-state index in [4.69, 9.17) is 14.3 Å². The van der Waals surface area contributed by atoms with Gasteiger partial charge in [0, 0.05) is 5.56 Å². The zero-order chi connectivity index (χ0) is 21.9. The van der Waals surface area contributed by atoms with E-state index in [2.05, 4.69) is 4.72 Å². The summed E-state index contributed by atoms with van der Waals surface area (Å²) in [4.78, 5) is 11.0. The molecule has 30 heavy (non-hydrogen) atoms. The number of benzene rings is 2. The Morgan fingerprint density at radius 2 is 1.83 bits per heavy atom. The molecule has 1 aromatic heterocycles. The molecule has 0 aliphatic heterocycles. The fraction of sp³-hybridized carbons (Fsp3) is 0.227. The Morgan fingerprint density at radius 3 is 2.47 bits per heavy atom. The highest BCUT2D eigenvalue weighted by atomic mass is 32.2. The van der Waals surface area contributed by atoms with Crippen LogP contribution in [0.4, 0.5) is 5.69 Å². The fourth-order valence-electron chi connectivity index (χ4n) is 2.90. The number of ether oxygens (including phenoxy) is 1. The first-order valence-corrected chi connectivity index (χ1v) is 10.8. The highest BCUT2D eigenvalue weighted by Crippen LogP contribution is 2.31. The third-order valence-corrected chi connectivity index (χ3v) is 5.81. The van der Waals surface area contributed by atoms with E-state index in [1.165, 1.54) is 18.4 Å². The molecule has 0 saturated heterocycles. The molecule has 0 saturated carbocycles. The van der Waals surface area contributed by atoms with Crippen molar-refractivity contribution in [1.82, 2.24) is 0 Å². The lowest BCUT2D eigenvalue weighted by Gasteiger charge is -2.15. The van der Waals surface area contributed by atoms with E-state index in [-0.39, 0.29) is 23.2 Å². The van der Waals surface area contributed by atoms with E-state index in [0.717, 1.165) is 11.1 Å². The molecular weight excluding hydrogens is 406 g/mol. The van der Waals surface area contributed by atoms with Gasteiger partial charge in [0.15, 0.2) is 0 Å². The number of carboxylic acid groups (broad SMARTS) is 1. The van der Waals surface area contributed by atoms with Gasteiger partial charge in [-0.15, -0.1) is 0 Å². The largest absolute Gasteiger partial charge is 0.487 e. The molecule has 1 heterocycles. The van der Waals surface area contributed by atoms with Gasteiger partial charge in [-0.1, -0.05) is 32.0 Å². The number of aryl methyl sites for hydroxylation is 1. The summed E-state index contributed by atoms with van der Waals surface area (Å²) in [5.74, 6) is -0.669. The topological polar surface area (TPSA) is 106 Å². The number of anilines is 1. The van der Waals surface area contributed by atoms with Gasteiger partial charge in [-0.3, -0.25) is 4.72 Å². The number of furan rings is 1. The van der Waals surface area contributed by atoms with Gasteiger partial charge in [-0.05, 0) is 54.3 Å². The van der Waals surface area contributed by atoms with Gasteiger partial charge in [0.05, 0.1) is 17.5 Å². The molecule has 0 amide bonds. The van der Waals surface area contributed by atoms with Gasteiger partial charge in [0.1, 0.15) is 12.4 Å². The number of nitrogens with one attached hydrogen (secondary N) is 1. The monoisotopic (exact) mass is 429 g/mol. The summed E-state index contributed by atoms with van der Waals surface area (Å²) in [6.07, 6.45) is 1.36. The highest BCUT2D eigenvalue weighted by Gasteiger charge is 2.25. The molecule has 0 fully saturated rings. The number of carbonyl (C=O) groups is 1. The predicted molar refractivity (Wildman–Crippen MR) is 113 cm³/mol. The van der Waals surface area contributed by atoms with Gasteiger partial charge in [-0.25, -0.2) is 4.79 Å². The van der Waals surface area contributed by atoms with E-state index in [9.17, 15) is 13.2 Å². The average molecular weight is 429 g/mol. The molecule has 0 atom stereocenters. The van der Waals surface area contributed by atoms with Crippen LogP contribution in [-0.2, 0) is 16.6 Å². The van der Waals surface area contributed by atoms with Crippen LogP contribution >= 0.6 is 0 Å². The van der Waals surface area contributed by atoms with Crippen LogP contribution in [-0.4, -0.2) is 19.5 Å². The molecule has 2 N–H and O–H groups in total. The molecule has 8 heteroatoms. The average Bonchev–Trinajstić information content (AvgIpc) is 3.19. The summed E-state index contributed by atoms with van der Waals surface area (Å²) >= 11 is 0. The molecule has 0 aliphatic rings. The van der Waals surface area contributed by atoms with Crippen LogP contribution in [0.5, 0.6) is 5.75 Å². The van der Waals surface area contributed by atoms with Gasteiger partial charge in [-0.2, -0.15) is 8.42 Å². The quantitative estimate of drug-likeness (QED) is 0.533. The Morgan fingerprint density at radius 1 is 1.13 bits per heavy atom. The van der Waals surface area contributed by atoms with E-state index in [1.807, 2.05) is 26.8 Å². The molecule has 0 radical (unpaired) electrons. The van der Waals surface area contributed by atoms with Crippen molar-refractivity contribution in [3.05, 3.63) is 77.0 Å².